The Labute approximate surface area is 78.9 Å². The standard InChI is InChI=1S/C7H5Cl2NO2/c1-3-5(8)2-4(7(11)12)6(9)10-3/h2H,1H3,(H,11,12). The van der Waals surface area contributed by atoms with Gasteiger partial charge in [-0.15, -0.1) is 0 Å². The highest BCUT2D eigenvalue weighted by atomic mass is 35.5. The monoisotopic (exact) mass is 205 g/mol. The first-order chi connectivity index (χ1) is 5.52. The summed E-state index contributed by atoms with van der Waals surface area (Å²) < 4.78 is 0. The molecule has 0 spiro atoms. The van der Waals surface area contributed by atoms with Crippen molar-refractivity contribution in [2.24, 2.45) is 0 Å². The molecular weight excluding hydrogens is 201 g/mol. The molecular formula is C7H5Cl2NO2. The molecule has 1 heterocycles. The van der Waals surface area contributed by atoms with E-state index >= 15 is 0 Å². The van der Waals surface area contributed by atoms with Crippen LogP contribution < -0.4 is 0 Å². The third-order valence-electron chi connectivity index (χ3n) is 1.34. The second kappa shape index (κ2) is 3.29. The summed E-state index contributed by atoms with van der Waals surface area (Å²) in [6.07, 6.45) is 0. The molecule has 12 heavy (non-hydrogen) atoms. The number of rotatable bonds is 1. The summed E-state index contributed by atoms with van der Waals surface area (Å²) in [5, 5.41) is 8.86. The quantitative estimate of drug-likeness (QED) is 0.717. The normalized spacial score (nSPS) is 9.92. The largest absolute Gasteiger partial charge is 0.478 e. The van der Waals surface area contributed by atoms with Gasteiger partial charge in [0.15, 0.2) is 0 Å². The molecule has 0 atom stereocenters. The number of carbonyl (C=O) groups is 1. The summed E-state index contributed by atoms with van der Waals surface area (Å²) >= 11 is 11.2. The topological polar surface area (TPSA) is 50.2 Å². The van der Waals surface area contributed by atoms with Crippen LogP contribution in [0.15, 0.2) is 6.07 Å². The minimum atomic E-state index is -1.13. The molecule has 0 amide bonds. The number of aryl methyl sites for hydroxylation is 1. The van der Waals surface area contributed by atoms with E-state index in [2.05, 4.69) is 4.98 Å². The molecule has 0 bridgehead atoms. The second-order valence-corrected chi connectivity index (χ2v) is 2.96. The van der Waals surface area contributed by atoms with E-state index < -0.39 is 5.97 Å². The van der Waals surface area contributed by atoms with Crippen molar-refractivity contribution in [1.82, 2.24) is 4.98 Å². The van der Waals surface area contributed by atoms with Crippen LogP contribution in [0.2, 0.25) is 10.2 Å². The van der Waals surface area contributed by atoms with Gasteiger partial charge in [-0.1, -0.05) is 23.2 Å². The van der Waals surface area contributed by atoms with Crippen molar-refractivity contribution in [3.63, 3.8) is 0 Å². The molecule has 0 aliphatic carbocycles. The van der Waals surface area contributed by atoms with E-state index in [1.807, 2.05) is 0 Å². The third kappa shape index (κ3) is 1.68. The van der Waals surface area contributed by atoms with Gasteiger partial charge in [0.05, 0.1) is 16.3 Å². The maximum Gasteiger partial charge on any atom is 0.338 e. The van der Waals surface area contributed by atoms with Crippen molar-refractivity contribution < 1.29 is 9.90 Å². The van der Waals surface area contributed by atoms with Crippen LogP contribution in [0.5, 0.6) is 0 Å². The van der Waals surface area contributed by atoms with Crippen molar-refractivity contribution in [1.29, 1.82) is 0 Å². The maximum atomic E-state index is 10.5. The number of nitrogens with zero attached hydrogens (tertiary/aromatic N) is 1. The average molecular weight is 206 g/mol. The zero-order valence-corrected chi connectivity index (χ0v) is 7.65. The Kier molecular flexibility index (Phi) is 2.55. The first kappa shape index (κ1) is 9.29. The molecule has 3 nitrogen and oxygen atoms in total. The van der Waals surface area contributed by atoms with Gasteiger partial charge in [0.2, 0.25) is 0 Å². The number of aromatic nitrogens is 1. The van der Waals surface area contributed by atoms with Crippen LogP contribution in [0.1, 0.15) is 16.1 Å². The minimum Gasteiger partial charge on any atom is -0.478 e. The van der Waals surface area contributed by atoms with Crippen molar-refractivity contribution in [2.45, 2.75) is 6.92 Å². The molecule has 0 unspecified atom stereocenters. The van der Waals surface area contributed by atoms with Crippen molar-refractivity contribution in [3.8, 4) is 0 Å². The highest BCUT2D eigenvalue weighted by Crippen LogP contribution is 2.20. The average Bonchev–Trinajstić information content (AvgIpc) is 1.96. The molecule has 1 N–H and O–H groups in total. The molecule has 0 radical (unpaired) electrons. The minimum absolute atomic E-state index is 0.0376. The van der Waals surface area contributed by atoms with Crippen LogP contribution in [-0.4, -0.2) is 16.1 Å². The SMILES string of the molecule is Cc1nc(Cl)c(C(=O)O)cc1Cl. The fourth-order valence-electron chi connectivity index (χ4n) is 0.702. The Balaban J connectivity index is 3.33. The molecule has 0 fully saturated rings. The molecule has 0 aliphatic rings. The first-order valence-corrected chi connectivity index (χ1v) is 3.84. The van der Waals surface area contributed by atoms with E-state index in [0.717, 1.165) is 0 Å². The summed E-state index contributed by atoms with van der Waals surface area (Å²) in [4.78, 5) is 14.2. The van der Waals surface area contributed by atoms with Crippen LogP contribution in [-0.2, 0) is 0 Å². The number of hydrogen-bond acceptors (Lipinski definition) is 2. The van der Waals surface area contributed by atoms with Crippen LogP contribution in [0, 0.1) is 6.92 Å². The lowest BCUT2D eigenvalue weighted by molar-refractivity contribution is 0.0696. The Morgan fingerprint density at radius 3 is 2.67 bits per heavy atom. The summed E-state index contributed by atoms with van der Waals surface area (Å²) in [5.74, 6) is -1.13. The van der Waals surface area contributed by atoms with Crippen LogP contribution in [0.4, 0.5) is 0 Å². The van der Waals surface area contributed by atoms with Crippen LogP contribution >= 0.6 is 23.2 Å². The molecule has 0 aliphatic heterocycles. The van der Waals surface area contributed by atoms with E-state index in [-0.39, 0.29) is 10.7 Å². The van der Waals surface area contributed by atoms with Gasteiger partial charge in [0.1, 0.15) is 5.15 Å². The van der Waals surface area contributed by atoms with Gasteiger partial charge in [-0.25, -0.2) is 9.78 Å². The highest BCUT2D eigenvalue weighted by molar-refractivity contribution is 6.34. The van der Waals surface area contributed by atoms with Crippen molar-refractivity contribution in [2.75, 3.05) is 0 Å². The zero-order chi connectivity index (χ0) is 9.30. The summed E-state index contributed by atoms with van der Waals surface area (Å²) in [6.45, 7) is 1.65. The van der Waals surface area contributed by atoms with Crippen LogP contribution in [0.25, 0.3) is 0 Å². The van der Waals surface area contributed by atoms with E-state index in [9.17, 15) is 4.79 Å². The van der Waals surface area contributed by atoms with Gasteiger partial charge in [0.25, 0.3) is 0 Å². The van der Waals surface area contributed by atoms with Gasteiger partial charge in [-0.3, -0.25) is 0 Å². The molecule has 1 rings (SSSR count). The van der Waals surface area contributed by atoms with Gasteiger partial charge in [-0.2, -0.15) is 0 Å². The Bertz CT molecular complexity index is 338. The predicted octanol–water partition coefficient (Wildman–Crippen LogP) is 2.40. The maximum absolute atomic E-state index is 10.5. The van der Waals surface area contributed by atoms with Gasteiger partial charge >= 0.3 is 5.97 Å². The van der Waals surface area contributed by atoms with E-state index in [1.54, 1.807) is 6.92 Å². The van der Waals surface area contributed by atoms with Gasteiger partial charge < -0.3 is 5.11 Å². The molecule has 1 aromatic rings. The molecule has 0 aromatic carbocycles. The fourth-order valence-corrected chi connectivity index (χ4v) is 1.12. The lowest BCUT2D eigenvalue weighted by Crippen LogP contribution is -2.00. The van der Waals surface area contributed by atoms with Gasteiger partial charge in [0, 0.05) is 0 Å². The second-order valence-electron chi connectivity index (χ2n) is 2.20. The number of halogens is 2. The summed E-state index contributed by atoms with van der Waals surface area (Å²) in [5.41, 5.74) is 0.443. The first-order valence-electron chi connectivity index (χ1n) is 3.08. The number of carboxylic acid groups (broad SMARTS) is 1. The Hall–Kier alpha value is -0.800. The number of pyridine rings is 1. The summed E-state index contributed by atoms with van der Waals surface area (Å²) in [7, 11) is 0. The van der Waals surface area contributed by atoms with E-state index in [1.165, 1.54) is 6.07 Å². The van der Waals surface area contributed by atoms with E-state index in [0.29, 0.717) is 10.7 Å². The lowest BCUT2D eigenvalue weighted by Gasteiger charge is -2.00. The molecule has 5 heteroatoms. The molecule has 0 saturated heterocycles. The predicted molar refractivity (Wildman–Crippen MR) is 46.0 cm³/mol. The fraction of sp³-hybridized carbons (Fsp3) is 0.143. The number of hydrogen-bond donors (Lipinski definition) is 1. The van der Waals surface area contributed by atoms with Crippen molar-refractivity contribution >= 4 is 29.2 Å². The van der Waals surface area contributed by atoms with Crippen molar-refractivity contribution in [3.05, 3.63) is 27.5 Å². The number of carboxylic acids is 1. The highest BCUT2D eigenvalue weighted by Gasteiger charge is 2.11. The Morgan fingerprint density at radius 1 is 1.58 bits per heavy atom. The Morgan fingerprint density at radius 2 is 2.17 bits per heavy atom. The summed E-state index contributed by atoms with van der Waals surface area (Å²) in [6, 6.07) is 1.29. The number of aromatic carboxylic acids is 1. The van der Waals surface area contributed by atoms with Gasteiger partial charge in [-0.05, 0) is 13.0 Å². The zero-order valence-electron chi connectivity index (χ0n) is 6.14. The lowest BCUT2D eigenvalue weighted by atomic mass is 10.2. The smallest absolute Gasteiger partial charge is 0.338 e. The van der Waals surface area contributed by atoms with Crippen LogP contribution in [0.3, 0.4) is 0 Å². The van der Waals surface area contributed by atoms with E-state index in [4.69, 9.17) is 28.3 Å². The molecule has 1 aromatic heterocycles. The molecule has 64 valence electrons. The molecule has 0 saturated carbocycles. The third-order valence-corrected chi connectivity index (χ3v) is 2.01.